The molecule has 3 atom stereocenters. The van der Waals surface area contributed by atoms with Gasteiger partial charge in [-0.25, -0.2) is 0 Å². The second kappa shape index (κ2) is 8.33. The third-order valence-electron chi connectivity index (χ3n) is 7.69. The van der Waals surface area contributed by atoms with Crippen LogP contribution in [0.15, 0.2) is 42.5 Å². The molecule has 3 aliphatic rings. The predicted molar refractivity (Wildman–Crippen MR) is 141 cm³/mol. The van der Waals surface area contributed by atoms with Crippen LogP contribution in [0.25, 0.3) is 0 Å². The average molecular weight is 561 g/mol. The number of rotatable bonds is 3. The summed E-state index contributed by atoms with van der Waals surface area (Å²) in [5.74, 6) is 0.552. The second-order valence-electron chi connectivity index (χ2n) is 10.4. The summed E-state index contributed by atoms with van der Waals surface area (Å²) >= 11 is -3.34. The number of benzene rings is 2. The Kier molecular flexibility index (Phi) is 6.28. The Morgan fingerprint density at radius 1 is 1.03 bits per heavy atom. The molecule has 0 N–H and O–H groups in total. The zero-order valence-corrected chi connectivity index (χ0v) is 23.6. The van der Waals surface area contributed by atoms with E-state index in [0.29, 0.717) is 5.92 Å². The van der Waals surface area contributed by atoms with Gasteiger partial charge in [-0.3, -0.25) is 0 Å². The molecule has 0 radical (unpaired) electrons. The minimum atomic E-state index is -3.34. The number of halogens is 2. The van der Waals surface area contributed by atoms with Crippen molar-refractivity contribution in [2.75, 3.05) is 23.9 Å². The third kappa shape index (κ3) is 3.93. The second-order valence-corrected chi connectivity index (χ2v) is 19.7. The average Bonchev–Trinajstić information content (AvgIpc) is 2.69. The van der Waals surface area contributed by atoms with Crippen LogP contribution in [-0.4, -0.2) is 28.5 Å². The van der Waals surface area contributed by atoms with Crippen LogP contribution in [0.5, 0.6) is 0 Å². The van der Waals surface area contributed by atoms with Gasteiger partial charge in [0.1, 0.15) is 0 Å². The maximum absolute atomic E-state index is 7.48. The summed E-state index contributed by atoms with van der Waals surface area (Å²) < 4.78 is 3.50. The summed E-state index contributed by atoms with van der Waals surface area (Å²) in [6, 6.07) is 15.0. The molecule has 2 bridgehead atoms. The normalized spacial score (nSPS) is 28.1. The fraction of sp³-hybridized carbons (Fsp3) is 0.481. The van der Waals surface area contributed by atoms with Crippen molar-refractivity contribution in [3.8, 4) is 0 Å². The van der Waals surface area contributed by atoms with E-state index in [9.17, 15) is 0 Å². The van der Waals surface area contributed by atoms with Gasteiger partial charge in [0.15, 0.2) is 0 Å². The molecule has 1 saturated carbocycles. The number of hydrogen-bond donors (Lipinski definition) is 0. The predicted octanol–water partition coefficient (Wildman–Crippen LogP) is 7.22. The molecule has 2 saturated heterocycles. The zero-order valence-electron chi connectivity index (χ0n) is 20.3. The Bertz CT molecular complexity index is 1130. The van der Waals surface area contributed by atoms with Crippen LogP contribution < -0.4 is 9.80 Å². The Hall–Kier alpha value is -1.02. The van der Waals surface area contributed by atoms with Gasteiger partial charge in [0.05, 0.1) is 0 Å². The summed E-state index contributed by atoms with van der Waals surface area (Å²) in [4.78, 5) is 4.79. The van der Waals surface area contributed by atoms with Crippen molar-refractivity contribution in [1.29, 1.82) is 0 Å². The fourth-order valence-corrected chi connectivity index (χ4v) is 13.8. The first-order chi connectivity index (χ1) is 14.9. The number of nitrogens with zero attached hydrogens (tertiary/aromatic N) is 2. The van der Waals surface area contributed by atoms with Crippen molar-refractivity contribution in [1.82, 2.24) is 0 Å². The SMILES string of the molecule is Cc1cc(N(C)C)cc(C)c1N1[C](=[Ru-4]([Cl])([Cl])=[CH]c2ccccc2)C2(C)CCC1(C)CC2C. The Balaban J connectivity index is 2.06. The van der Waals surface area contributed by atoms with Gasteiger partial charge in [-0.15, -0.1) is 0 Å². The van der Waals surface area contributed by atoms with Gasteiger partial charge in [-0.2, -0.15) is 0 Å². The molecular weight excluding hydrogens is 524 g/mol. The molecule has 2 aromatic carbocycles. The van der Waals surface area contributed by atoms with Crippen LogP contribution in [-0.2, 0) is 11.9 Å². The van der Waals surface area contributed by atoms with Crippen molar-refractivity contribution in [2.24, 2.45) is 11.3 Å². The Labute approximate surface area is 204 Å². The monoisotopic (exact) mass is 560 g/mol. The van der Waals surface area contributed by atoms with Crippen molar-refractivity contribution < 1.29 is 11.9 Å². The molecule has 0 spiro atoms. The van der Waals surface area contributed by atoms with Crippen molar-refractivity contribution in [3.05, 3.63) is 59.2 Å². The van der Waals surface area contributed by atoms with Gasteiger partial charge >= 0.3 is 205 Å². The zero-order chi connectivity index (χ0) is 23.5. The quantitative estimate of drug-likeness (QED) is 0.366. The molecule has 2 aliphatic heterocycles. The molecule has 5 rings (SSSR count). The van der Waals surface area contributed by atoms with Crippen LogP contribution in [0.1, 0.15) is 56.7 Å². The molecule has 0 amide bonds. The van der Waals surface area contributed by atoms with E-state index in [1.165, 1.54) is 33.2 Å². The standard InChI is InChI=1S/C20H30N2.C7H6.2ClH.Ru/c1-14-10-17(21(6)7)11-15(2)18(14)22-13-19(4)8-9-20(22,5)12-16(19)3;1-7-5-3-2-4-6-7;;;/h10-11,16H,8-9,12H2,1-7H3;1-6H;2*1H;/q;;;;-2/p-2. The van der Waals surface area contributed by atoms with Crippen LogP contribution in [0.3, 0.4) is 0 Å². The van der Waals surface area contributed by atoms with Gasteiger partial charge in [0.25, 0.3) is 0 Å². The summed E-state index contributed by atoms with van der Waals surface area (Å²) in [7, 11) is 19.2. The molecule has 2 heterocycles. The van der Waals surface area contributed by atoms with Crippen molar-refractivity contribution >= 4 is 39.6 Å². The van der Waals surface area contributed by atoms with Gasteiger partial charge in [0.2, 0.25) is 0 Å². The van der Waals surface area contributed by atoms with Crippen molar-refractivity contribution in [3.63, 3.8) is 0 Å². The number of fused-ring (bicyclic) bond motifs is 3. The van der Waals surface area contributed by atoms with E-state index in [1.807, 2.05) is 6.07 Å². The van der Waals surface area contributed by atoms with Crippen LogP contribution in [0.4, 0.5) is 11.4 Å². The first kappa shape index (κ1) is 24.1. The van der Waals surface area contributed by atoms with Gasteiger partial charge in [-0.05, 0) is 0 Å². The summed E-state index contributed by atoms with van der Waals surface area (Å²) in [6.07, 6.45) is 3.48. The molecule has 2 nitrogen and oxygen atoms in total. The van der Waals surface area contributed by atoms with E-state index in [0.717, 1.165) is 18.4 Å². The van der Waals surface area contributed by atoms with E-state index >= 15 is 0 Å². The van der Waals surface area contributed by atoms with Crippen molar-refractivity contribution in [2.45, 2.75) is 59.4 Å². The third-order valence-corrected chi connectivity index (χ3v) is 13.8. The first-order valence-corrected chi connectivity index (χ1v) is 17.7. The number of hydrogen-bond acceptors (Lipinski definition) is 2. The van der Waals surface area contributed by atoms with E-state index in [-0.39, 0.29) is 11.0 Å². The first-order valence-electron chi connectivity index (χ1n) is 11.4. The van der Waals surface area contributed by atoms with Gasteiger partial charge in [0, 0.05) is 0 Å². The number of anilines is 2. The van der Waals surface area contributed by atoms with E-state index in [1.54, 1.807) is 0 Å². The topological polar surface area (TPSA) is 6.48 Å². The molecule has 180 valence electrons. The molecule has 2 aromatic rings. The molecule has 32 heavy (non-hydrogen) atoms. The summed E-state index contributed by atoms with van der Waals surface area (Å²) in [6.45, 7) is 11.7. The number of aryl methyl sites for hydroxylation is 2. The van der Waals surface area contributed by atoms with Gasteiger partial charge in [-0.1, -0.05) is 0 Å². The van der Waals surface area contributed by atoms with Crippen LogP contribution in [0.2, 0.25) is 0 Å². The molecule has 3 fully saturated rings. The Morgan fingerprint density at radius 2 is 1.62 bits per heavy atom. The minimum absolute atomic E-state index is 0.0117. The molecular formula is C27H36Cl2N2Ru-4. The van der Waals surface area contributed by atoms with Gasteiger partial charge < -0.3 is 0 Å². The summed E-state index contributed by atoms with van der Waals surface area (Å²) in [5.41, 5.74) is 6.28. The molecule has 5 heteroatoms. The molecule has 3 unspecified atom stereocenters. The number of piperidine rings is 2. The molecule has 1 aliphatic carbocycles. The van der Waals surface area contributed by atoms with Crippen LogP contribution in [0, 0.1) is 25.2 Å². The van der Waals surface area contributed by atoms with E-state index < -0.39 is 11.9 Å². The fourth-order valence-electron chi connectivity index (χ4n) is 5.75. The Morgan fingerprint density at radius 3 is 2.16 bits per heavy atom. The molecule has 0 aromatic heterocycles. The summed E-state index contributed by atoms with van der Waals surface area (Å²) in [5, 5.41) is 0. The van der Waals surface area contributed by atoms with Crippen LogP contribution >= 0.6 is 19.4 Å². The van der Waals surface area contributed by atoms with E-state index in [2.05, 4.69) is 99.5 Å². The maximum atomic E-state index is 7.48. The van der Waals surface area contributed by atoms with E-state index in [4.69, 9.17) is 19.4 Å².